The molecule has 0 aromatic heterocycles. The molecule has 0 heterocycles. The van der Waals surface area contributed by atoms with Crippen LogP contribution in [0.1, 0.15) is 304 Å². The molecular formula is C60H116O17P2. The lowest BCUT2D eigenvalue weighted by Gasteiger charge is -2.21. The van der Waals surface area contributed by atoms with Crippen molar-refractivity contribution >= 4 is 39.5 Å². The molecule has 0 bridgehead atoms. The lowest BCUT2D eigenvalue weighted by Crippen LogP contribution is -2.30. The number of aliphatic hydroxyl groups excluding tert-OH is 1. The topological polar surface area (TPSA) is 237 Å². The van der Waals surface area contributed by atoms with E-state index in [1.54, 1.807) is 0 Å². The Bertz CT molecular complexity index is 1540. The highest BCUT2D eigenvalue weighted by molar-refractivity contribution is 7.47. The van der Waals surface area contributed by atoms with Gasteiger partial charge in [0, 0.05) is 25.7 Å². The van der Waals surface area contributed by atoms with E-state index in [2.05, 4.69) is 27.7 Å². The first kappa shape index (κ1) is 77.1. The summed E-state index contributed by atoms with van der Waals surface area (Å²) in [6.45, 7) is 4.75. The van der Waals surface area contributed by atoms with E-state index in [0.717, 1.165) is 96.3 Å². The van der Waals surface area contributed by atoms with E-state index in [1.807, 2.05) is 0 Å². The van der Waals surface area contributed by atoms with Crippen molar-refractivity contribution in [2.24, 2.45) is 0 Å². The molecule has 3 N–H and O–H groups in total. The number of carbonyl (C=O) groups is 4. The van der Waals surface area contributed by atoms with E-state index in [9.17, 15) is 43.2 Å². The summed E-state index contributed by atoms with van der Waals surface area (Å²) in [5, 5.41) is 10.5. The van der Waals surface area contributed by atoms with Gasteiger partial charge in [0.25, 0.3) is 0 Å². The van der Waals surface area contributed by atoms with Crippen LogP contribution in [0.5, 0.6) is 0 Å². The van der Waals surface area contributed by atoms with Crippen molar-refractivity contribution in [2.45, 2.75) is 322 Å². The summed E-state index contributed by atoms with van der Waals surface area (Å²) in [6, 6.07) is 0. The van der Waals surface area contributed by atoms with Crippen LogP contribution in [0.2, 0.25) is 0 Å². The lowest BCUT2D eigenvalue weighted by atomic mass is 10.0. The Kier molecular flexibility index (Phi) is 53.9. The molecule has 2 unspecified atom stereocenters. The minimum Gasteiger partial charge on any atom is -0.462 e. The molecule has 0 amide bonds. The summed E-state index contributed by atoms with van der Waals surface area (Å²) in [5.74, 6) is -2.15. The first-order valence-electron chi connectivity index (χ1n) is 31.8. The van der Waals surface area contributed by atoms with Crippen molar-refractivity contribution in [3.05, 3.63) is 0 Å². The third kappa shape index (κ3) is 55.0. The van der Waals surface area contributed by atoms with Gasteiger partial charge in [-0.15, -0.1) is 0 Å². The van der Waals surface area contributed by atoms with E-state index in [0.29, 0.717) is 25.7 Å². The van der Waals surface area contributed by atoms with Crippen LogP contribution in [0.3, 0.4) is 0 Å². The predicted molar refractivity (Wildman–Crippen MR) is 312 cm³/mol. The van der Waals surface area contributed by atoms with Gasteiger partial charge in [-0.1, -0.05) is 252 Å². The molecule has 0 saturated carbocycles. The molecule has 79 heavy (non-hydrogen) atoms. The number of hydrogen-bond acceptors (Lipinski definition) is 15. The number of phosphoric acid groups is 2. The van der Waals surface area contributed by atoms with Crippen LogP contribution in [0, 0.1) is 0 Å². The first-order valence-corrected chi connectivity index (χ1v) is 34.8. The van der Waals surface area contributed by atoms with Crippen LogP contribution in [0.25, 0.3) is 0 Å². The number of aliphatic hydroxyl groups is 1. The minimum atomic E-state index is -4.94. The van der Waals surface area contributed by atoms with Crippen molar-refractivity contribution in [3.8, 4) is 0 Å². The average Bonchev–Trinajstić information content (AvgIpc) is 3.42. The number of phosphoric ester groups is 2. The summed E-state index contributed by atoms with van der Waals surface area (Å²) in [6.07, 6.45) is 39.3. The van der Waals surface area contributed by atoms with Crippen molar-refractivity contribution < 1.29 is 80.2 Å². The van der Waals surface area contributed by atoms with Crippen LogP contribution in [-0.4, -0.2) is 96.7 Å². The SMILES string of the molecule is CCCCCCCCCCCCCCCCCCC(=O)O[C@H](COC(=O)CCCCCCCCCCC)COP(=O)(O)OC[C@@H](O)COP(=O)(O)OC[C@@H](COC(=O)CCCCCCC)OC(=O)CCCCCCCCCCC. The molecule has 468 valence electrons. The van der Waals surface area contributed by atoms with E-state index >= 15 is 0 Å². The van der Waals surface area contributed by atoms with Gasteiger partial charge in [-0.05, 0) is 25.7 Å². The number of rotatable bonds is 61. The van der Waals surface area contributed by atoms with Gasteiger partial charge < -0.3 is 33.8 Å². The molecule has 0 rings (SSSR count). The number of unbranched alkanes of at least 4 members (excludes halogenated alkanes) is 35. The molecule has 0 saturated heterocycles. The van der Waals surface area contributed by atoms with Gasteiger partial charge in [0.1, 0.15) is 19.3 Å². The Labute approximate surface area is 479 Å². The lowest BCUT2D eigenvalue weighted by molar-refractivity contribution is -0.161. The highest BCUT2D eigenvalue weighted by atomic mass is 31.2. The fourth-order valence-corrected chi connectivity index (χ4v) is 10.5. The number of esters is 4. The quantitative estimate of drug-likeness (QED) is 0.0222. The van der Waals surface area contributed by atoms with Gasteiger partial charge in [0.05, 0.1) is 26.4 Å². The Morgan fingerprint density at radius 2 is 0.506 bits per heavy atom. The highest BCUT2D eigenvalue weighted by Crippen LogP contribution is 2.45. The summed E-state index contributed by atoms with van der Waals surface area (Å²) in [4.78, 5) is 71.7. The molecule has 0 radical (unpaired) electrons. The second-order valence-corrected chi connectivity index (χ2v) is 24.6. The zero-order valence-electron chi connectivity index (χ0n) is 50.3. The molecular weight excluding hydrogens is 1050 g/mol. The Hall–Kier alpha value is -1.94. The Morgan fingerprint density at radius 3 is 0.747 bits per heavy atom. The van der Waals surface area contributed by atoms with Crippen molar-refractivity contribution in [1.82, 2.24) is 0 Å². The third-order valence-corrected chi connectivity index (χ3v) is 15.8. The van der Waals surface area contributed by atoms with Crippen molar-refractivity contribution in [1.29, 1.82) is 0 Å². The van der Waals surface area contributed by atoms with Gasteiger partial charge >= 0.3 is 39.5 Å². The van der Waals surface area contributed by atoms with Gasteiger partial charge in [-0.25, -0.2) is 9.13 Å². The van der Waals surface area contributed by atoms with Gasteiger partial charge in [0.2, 0.25) is 0 Å². The molecule has 0 aromatic rings. The maximum atomic E-state index is 12.9. The van der Waals surface area contributed by atoms with Gasteiger partial charge in [-0.3, -0.25) is 37.3 Å². The molecule has 0 spiro atoms. The smallest absolute Gasteiger partial charge is 0.462 e. The minimum absolute atomic E-state index is 0.105. The largest absolute Gasteiger partial charge is 0.472 e. The standard InChI is InChI=1S/C60H116O17P2/c1-5-9-13-17-20-23-24-25-26-27-28-29-32-35-39-43-47-60(65)77-56(51-71-58(63)45-41-37-33-30-21-18-14-10-6-2)53-75-79(68,69)73-49-54(61)48-72-78(66,67)74-52-55(50-70-57(62)44-40-36-16-12-8-4)76-59(64)46-42-38-34-31-22-19-15-11-7-3/h54-56,61H,5-53H2,1-4H3,(H,66,67)(H,68,69)/t54-,55+,56+/m0/s1. The number of hydrogen-bond donors (Lipinski definition) is 3. The van der Waals surface area contributed by atoms with E-state index < -0.39 is 97.5 Å². The second-order valence-electron chi connectivity index (χ2n) is 21.7. The second kappa shape index (κ2) is 55.3. The monoisotopic (exact) mass is 1170 g/mol. The zero-order chi connectivity index (χ0) is 58.3. The zero-order valence-corrected chi connectivity index (χ0v) is 52.1. The molecule has 19 heteroatoms. The number of carbonyl (C=O) groups excluding carboxylic acids is 4. The fourth-order valence-electron chi connectivity index (χ4n) is 8.93. The third-order valence-electron chi connectivity index (χ3n) is 13.9. The molecule has 0 fully saturated rings. The van der Waals surface area contributed by atoms with E-state index in [-0.39, 0.29) is 25.7 Å². The summed E-state index contributed by atoms with van der Waals surface area (Å²) in [5.41, 5.74) is 0. The molecule has 0 aliphatic carbocycles. The van der Waals surface area contributed by atoms with Crippen LogP contribution in [-0.2, 0) is 65.4 Å². The predicted octanol–water partition coefficient (Wildman–Crippen LogP) is 16.4. The number of ether oxygens (including phenoxy) is 4. The average molecular weight is 1170 g/mol. The normalized spacial score (nSPS) is 14.3. The van der Waals surface area contributed by atoms with Crippen LogP contribution >= 0.6 is 15.6 Å². The summed E-state index contributed by atoms with van der Waals surface area (Å²) < 4.78 is 67.6. The molecule has 5 atom stereocenters. The van der Waals surface area contributed by atoms with Crippen LogP contribution < -0.4 is 0 Å². The van der Waals surface area contributed by atoms with Gasteiger partial charge in [-0.2, -0.15) is 0 Å². The van der Waals surface area contributed by atoms with Crippen molar-refractivity contribution in [2.75, 3.05) is 39.6 Å². The highest BCUT2D eigenvalue weighted by Gasteiger charge is 2.30. The summed E-state index contributed by atoms with van der Waals surface area (Å²) in [7, 11) is -9.86. The fraction of sp³-hybridized carbons (Fsp3) is 0.933. The van der Waals surface area contributed by atoms with Crippen LogP contribution in [0.4, 0.5) is 0 Å². The van der Waals surface area contributed by atoms with Gasteiger partial charge in [0.15, 0.2) is 12.2 Å². The summed E-state index contributed by atoms with van der Waals surface area (Å²) >= 11 is 0. The Morgan fingerprint density at radius 1 is 0.304 bits per heavy atom. The first-order chi connectivity index (χ1) is 38.2. The van der Waals surface area contributed by atoms with Crippen LogP contribution in [0.15, 0.2) is 0 Å². The van der Waals surface area contributed by atoms with Crippen molar-refractivity contribution in [3.63, 3.8) is 0 Å². The molecule has 0 aliphatic rings. The van der Waals surface area contributed by atoms with E-state index in [4.69, 9.17) is 37.0 Å². The maximum absolute atomic E-state index is 12.9. The van der Waals surface area contributed by atoms with E-state index in [1.165, 1.54) is 128 Å². The molecule has 17 nitrogen and oxygen atoms in total. The molecule has 0 aromatic carbocycles. The maximum Gasteiger partial charge on any atom is 0.472 e. The Balaban J connectivity index is 5.13. The molecule has 0 aliphatic heterocycles.